The van der Waals surface area contributed by atoms with Crippen LogP contribution in [0.25, 0.3) is 0 Å². The molecule has 7 heteroatoms. The van der Waals surface area contributed by atoms with Crippen molar-refractivity contribution >= 4 is 35.2 Å². The van der Waals surface area contributed by atoms with E-state index >= 15 is 0 Å². The van der Waals surface area contributed by atoms with Gasteiger partial charge in [-0.1, -0.05) is 35.9 Å². The molecule has 0 saturated carbocycles. The second-order valence-corrected chi connectivity index (χ2v) is 6.67. The van der Waals surface area contributed by atoms with E-state index in [9.17, 15) is 14.0 Å². The zero-order valence-electron chi connectivity index (χ0n) is 13.5. The molecule has 2 aromatic rings. The molecule has 25 heavy (non-hydrogen) atoms. The van der Waals surface area contributed by atoms with Crippen LogP contribution in [0.3, 0.4) is 0 Å². The summed E-state index contributed by atoms with van der Waals surface area (Å²) in [5, 5.41) is 3.34. The lowest BCUT2D eigenvalue weighted by Gasteiger charge is -2.14. The highest BCUT2D eigenvalue weighted by atomic mass is 35.5. The molecule has 0 aromatic heterocycles. The van der Waals surface area contributed by atoms with E-state index in [4.69, 9.17) is 16.3 Å². The number of carbonyl (C=O) groups is 2. The monoisotopic (exact) mass is 381 g/mol. The molecule has 4 nitrogen and oxygen atoms in total. The van der Waals surface area contributed by atoms with E-state index in [1.807, 2.05) is 19.1 Å². The highest BCUT2D eigenvalue weighted by Gasteiger charge is 2.13. The van der Waals surface area contributed by atoms with Gasteiger partial charge in [0, 0.05) is 9.92 Å². The average Bonchev–Trinajstić information content (AvgIpc) is 2.59. The molecule has 0 radical (unpaired) electrons. The summed E-state index contributed by atoms with van der Waals surface area (Å²) in [5.74, 6) is -1.45. The third kappa shape index (κ3) is 6.40. The highest BCUT2D eigenvalue weighted by molar-refractivity contribution is 8.00. The number of thioether (sulfide) groups is 1. The van der Waals surface area contributed by atoms with Gasteiger partial charge >= 0.3 is 5.97 Å². The van der Waals surface area contributed by atoms with Crippen LogP contribution in [0.1, 0.15) is 18.5 Å². The van der Waals surface area contributed by atoms with Crippen molar-refractivity contribution in [2.45, 2.75) is 17.9 Å². The van der Waals surface area contributed by atoms with Gasteiger partial charge in [-0.25, -0.2) is 4.39 Å². The van der Waals surface area contributed by atoms with Gasteiger partial charge in [-0.2, -0.15) is 0 Å². The van der Waals surface area contributed by atoms with Crippen molar-refractivity contribution in [2.24, 2.45) is 0 Å². The van der Waals surface area contributed by atoms with E-state index in [2.05, 4.69) is 5.32 Å². The smallest absolute Gasteiger partial charge is 0.316 e. The zero-order chi connectivity index (χ0) is 18.2. The number of esters is 1. The van der Waals surface area contributed by atoms with Crippen LogP contribution in [0.5, 0.6) is 0 Å². The van der Waals surface area contributed by atoms with Crippen molar-refractivity contribution < 1.29 is 18.7 Å². The van der Waals surface area contributed by atoms with Gasteiger partial charge in [0.05, 0.1) is 11.8 Å². The van der Waals surface area contributed by atoms with Crippen molar-refractivity contribution in [1.29, 1.82) is 0 Å². The van der Waals surface area contributed by atoms with Crippen LogP contribution in [0.2, 0.25) is 5.02 Å². The number of amides is 1. The van der Waals surface area contributed by atoms with Crippen LogP contribution in [0.15, 0.2) is 53.4 Å². The fourth-order valence-electron chi connectivity index (χ4n) is 2.00. The fraction of sp³-hybridized carbons (Fsp3) is 0.222. The number of rotatable bonds is 7. The fourth-order valence-corrected chi connectivity index (χ4v) is 2.87. The van der Waals surface area contributed by atoms with E-state index in [0.29, 0.717) is 9.92 Å². The Hall–Kier alpha value is -2.05. The van der Waals surface area contributed by atoms with Gasteiger partial charge in [-0.15, -0.1) is 11.8 Å². The lowest BCUT2D eigenvalue weighted by atomic mass is 10.1. The molecule has 2 rings (SSSR count). The Labute approximate surface area is 154 Å². The molecule has 0 aliphatic rings. The van der Waals surface area contributed by atoms with Crippen molar-refractivity contribution in [3.63, 3.8) is 0 Å². The zero-order valence-corrected chi connectivity index (χ0v) is 15.1. The molecule has 1 atom stereocenters. The van der Waals surface area contributed by atoms with Crippen molar-refractivity contribution in [1.82, 2.24) is 5.32 Å². The van der Waals surface area contributed by atoms with Crippen molar-refractivity contribution in [2.75, 3.05) is 12.4 Å². The summed E-state index contributed by atoms with van der Waals surface area (Å²) in [6, 6.07) is 13.0. The minimum absolute atomic E-state index is 0.0685. The highest BCUT2D eigenvalue weighted by Crippen LogP contribution is 2.21. The molecule has 0 bridgehead atoms. The maximum absolute atomic E-state index is 13.4. The topological polar surface area (TPSA) is 55.4 Å². The van der Waals surface area contributed by atoms with E-state index in [1.54, 1.807) is 30.3 Å². The second kappa shape index (κ2) is 9.44. The Morgan fingerprint density at radius 2 is 1.88 bits per heavy atom. The van der Waals surface area contributed by atoms with Gasteiger partial charge in [0.25, 0.3) is 5.91 Å². The lowest BCUT2D eigenvalue weighted by Crippen LogP contribution is -2.31. The van der Waals surface area contributed by atoms with Crippen molar-refractivity contribution in [3.8, 4) is 0 Å². The second-order valence-electron chi connectivity index (χ2n) is 5.22. The van der Waals surface area contributed by atoms with Crippen LogP contribution in [0.4, 0.5) is 4.39 Å². The van der Waals surface area contributed by atoms with Gasteiger partial charge in [0.2, 0.25) is 0 Å². The number of halogens is 2. The predicted molar refractivity (Wildman–Crippen MR) is 96.1 cm³/mol. The van der Waals surface area contributed by atoms with Gasteiger partial charge in [0.15, 0.2) is 6.61 Å². The number of ether oxygens (including phenoxy) is 1. The molecule has 2 aromatic carbocycles. The van der Waals surface area contributed by atoms with Gasteiger partial charge < -0.3 is 10.1 Å². The first-order valence-corrected chi connectivity index (χ1v) is 8.90. The maximum atomic E-state index is 13.4. The summed E-state index contributed by atoms with van der Waals surface area (Å²) in [6.45, 7) is 1.44. The quantitative estimate of drug-likeness (QED) is 0.582. The molecule has 0 aliphatic heterocycles. The van der Waals surface area contributed by atoms with E-state index in [0.717, 1.165) is 17.3 Å². The first-order chi connectivity index (χ1) is 12.0. The maximum Gasteiger partial charge on any atom is 0.316 e. The minimum Gasteiger partial charge on any atom is -0.455 e. The number of hydrogen-bond acceptors (Lipinski definition) is 4. The molecule has 0 aliphatic carbocycles. The number of benzene rings is 2. The van der Waals surface area contributed by atoms with Crippen LogP contribution in [-0.2, 0) is 14.3 Å². The Morgan fingerprint density at radius 3 is 2.56 bits per heavy atom. The average molecular weight is 382 g/mol. The van der Waals surface area contributed by atoms with Gasteiger partial charge in [-0.3, -0.25) is 9.59 Å². The van der Waals surface area contributed by atoms with E-state index in [1.165, 1.54) is 6.07 Å². The number of nitrogens with one attached hydrogen (secondary N) is 1. The molecule has 0 heterocycles. The Kier molecular flexibility index (Phi) is 7.28. The standard InChI is InChI=1S/C18H17ClFNO3S/c1-12(13-6-8-14(19)9-7-13)21-17(22)10-24-18(23)11-25-16-5-3-2-4-15(16)20/h2-9,12H,10-11H2,1H3,(H,21,22)/t12-/m0/s1. The molecule has 0 fully saturated rings. The summed E-state index contributed by atoms with van der Waals surface area (Å²) in [5.41, 5.74) is 0.888. The molecule has 0 saturated heterocycles. The predicted octanol–water partition coefficient (Wildman–Crippen LogP) is 3.99. The van der Waals surface area contributed by atoms with Gasteiger partial charge in [-0.05, 0) is 36.8 Å². The van der Waals surface area contributed by atoms with Crippen LogP contribution in [-0.4, -0.2) is 24.2 Å². The first-order valence-electron chi connectivity index (χ1n) is 7.53. The summed E-state index contributed by atoms with van der Waals surface area (Å²) >= 11 is 6.85. The molecule has 0 spiro atoms. The third-order valence-corrected chi connectivity index (χ3v) is 4.57. The van der Waals surface area contributed by atoms with Crippen molar-refractivity contribution in [3.05, 3.63) is 64.9 Å². The van der Waals surface area contributed by atoms with E-state index < -0.39 is 17.7 Å². The Bertz CT molecular complexity index is 739. The summed E-state index contributed by atoms with van der Waals surface area (Å²) in [6.07, 6.45) is 0. The molecule has 0 unspecified atom stereocenters. The molecule has 1 amide bonds. The summed E-state index contributed by atoms with van der Waals surface area (Å²) in [7, 11) is 0. The number of carbonyl (C=O) groups excluding carboxylic acids is 2. The SMILES string of the molecule is C[C@H](NC(=O)COC(=O)CSc1ccccc1F)c1ccc(Cl)cc1. The van der Waals surface area contributed by atoms with Gasteiger partial charge in [0.1, 0.15) is 5.82 Å². The number of hydrogen-bond donors (Lipinski definition) is 1. The lowest BCUT2D eigenvalue weighted by molar-refractivity contribution is -0.146. The van der Waals surface area contributed by atoms with E-state index in [-0.39, 0.29) is 18.4 Å². The minimum atomic E-state index is -0.581. The largest absolute Gasteiger partial charge is 0.455 e. The Balaban J connectivity index is 1.73. The first kappa shape index (κ1) is 19.3. The molecule has 132 valence electrons. The summed E-state index contributed by atoms with van der Waals surface area (Å²) < 4.78 is 18.3. The third-order valence-electron chi connectivity index (χ3n) is 3.29. The Morgan fingerprint density at radius 1 is 1.20 bits per heavy atom. The molecular weight excluding hydrogens is 365 g/mol. The van der Waals surface area contributed by atoms with Crippen LogP contribution < -0.4 is 5.32 Å². The van der Waals surface area contributed by atoms with Crippen LogP contribution in [0, 0.1) is 5.82 Å². The molecule has 1 N–H and O–H groups in total. The normalized spacial score (nSPS) is 11.6. The summed E-state index contributed by atoms with van der Waals surface area (Å²) in [4.78, 5) is 23.9. The van der Waals surface area contributed by atoms with Crippen LogP contribution >= 0.6 is 23.4 Å². The molecular formula is C18H17ClFNO3S.